The number of hydrogen-bond donors (Lipinski definition) is 0. The molecule has 2 aromatic carbocycles. The largest absolute Gasteiger partial charge is 0.289 e. The fourth-order valence-electron chi connectivity index (χ4n) is 3.02. The maximum atomic E-state index is 6.12. The van der Waals surface area contributed by atoms with Crippen LogP contribution >= 0.6 is 23.2 Å². The van der Waals surface area contributed by atoms with Crippen molar-refractivity contribution in [3.8, 4) is 5.69 Å². The van der Waals surface area contributed by atoms with Crippen molar-refractivity contribution in [2.24, 2.45) is 0 Å². The lowest BCUT2D eigenvalue weighted by molar-refractivity contribution is 0.248. The van der Waals surface area contributed by atoms with Gasteiger partial charge in [-0.05, 0) is 35.4 Å². The first kappa shape index (κ1) is 14.7. The third-order valence-electron chi connectivity index (χ3n) is 3.95. The number of halogens is 2. The quantitative estimate of drug-likeness (QED) is 0.702. The molecule has 4 rings (SSSR count). The van der Waals surface area contributed by atoms with Gasteiger partial charge in [-0.25, -0.2) is 4.68 Å². The maximum absolute atomic E-state index is 6.12. The van der Waals surface area contributed by atoms with E-state index in [0.29, 0.717) is 10.0 Å². The van der Waals surface area contributed by atoms with Crippen LogP contribution in [0.5, 0.6) is 0 Å². The highest BCUT2D eigenvalue weighted by molar-refractivity contribution is 6.34. The van der Waals surface area contributed by atoms with E-state index in [1.807, 2.05) is 29.1 Å². The maximum Gasteiger partial charge on any atom is 0.0786 e. The van der Waals surface area contributed by atoms with Crippen molar-refractivity contribution < 1.29 is 0 Å². The molecular weight excluding hydrogens is 331 g/mol. The molecule has 0 radical (unpaired) electrons. The van der Waals surface area contributed by atoms with E-state index in [9.17, 15) is 0 Å². The Morgan fingerprint density at radius 1 is 1.00 bits per heavy atom. The van der Waals surface area contributed by atoms with E-state index in [-0.39, 0.29) is 0 Å². The van der Waals surface area contributed by atoms with Crippen LogP contribution in [-0.4, -0.2) is 19.9 Å². The second kappa shape index (κ2) is 5.96. The number of hydrogen-bond acceptors (Lipinski definition) is 3. The highest BCUT2D eigenvalue weighted by Crippen LogP contribution is 2.26. The zero-order valence-corrected chi connectivity index (χ0v) is 13.8. The van der Waals surface area contributed by atoms with Gasteiger partial charge in [0, 0.05) is 29.7 Å². The van der Waals surface area contributed by atoms with E-state index in [1.165, 1.54) is 5.56 Å². The minimum atomic E-state index is 0.662. The molecule has 0 spiro atoms. The van der Waals surface area contributed by atoms with Crippen LogP contribution in [0.1, 0.15) is 16.8 Å². The molecule has 116 valence electrons. The lowest BCUT2D eigenvalue weighted by Gasteiger charge is -2.20. The molecule has 6 heteroatoms. The summed E-state index contributed by atoms with van der Waals surface area (Å²) in [7, 11) is 0. The summed E-state index contributed by atoms with van der Waals surface area (Å²) in [6.07, 6.45) is 1.82. The first-order valence-electron chi connectivity index (χ1n) is 7.34. The van der Waals surface area contributed by atoms with Gasteiger partial charge in [0.15, 0.2) is 0 Å². The van der Waals surface area contributed by atoms with Gasteiger partial charge in [-0.15, -0.1) is 5.10 Å². The van der Waals surface area contributed by atoms with Crippen molar-refractivity contribution in [1.29, 1.82) is 0 Å². The predicted octanol–water partition coefficient (Wildman–Crippen LogP) is 4.09. The van der Waals surface area contributed by atoms with Gasteiger partial charge in [0.05, 0.1) is 17.6 Å². The summed E-state index contributed by atoms with van der Waals surface area (Å²) in [5.41, 5.74) is 4.49. The Hall–Kier alpha value is -1.88. The number of rotatable bonds is 2. The van der Waals surface area contributed by atoms with Crippen LogP contribution in [0.2, 0.25) is 10.0 Å². The van der Waals surface area contributed by atoms with Crippen LogP contribution in [0.15, 0.2) is 48.7 Å². The summed E-state index contributed by atoms with van der Waals surface area (Å²) >= 11 is 12.2. The van der Waals surface area contributed by atoms with Crippen LogP contribution in [0.3, 0.4) is 0 Å². The Kier molecular flexibility index (Phi) is 3.81. The molecule has 4 nitrogen and oxygen atoms in total. The van der Waals surface area contributed by atoms with Crippen molar-refractivity contribution in [2.45, 2.75) is 19.6 Å². The molecule has 0 amide bonds. The molecule has 0 atom stereocenters. The fraction of sp³-hybridized carbons (Fsp3) is 0.176. The van der Waals surface area contributed by atoms with Gasteiger partial charge < -0.3 is 0 Å². The SMILES string of the molecule is Clc1cc(Cl)cc(CN2Cc3ccccc3-n3nncc3C2)c1. The third-order valence-corrected chi connectivity index (χ3v) is 4.38. The molecule has 23 heavy (non-hydrogen) atoms. The summed E-state index contributed by atoms with van der Waals surface area (Å²) in [5.74, 6) is 0. The van der Waals surface area contributed by atoms with Gasteiger partial charge in [0.2, 0.25) is 0 Å². The zero-order chi connectivity index (χ0) is 15.8. The van der Waals surface area contributed by atoms with Crippen molar-refractivity contribution in [1.82, 2.24) is 19.9 Å². The van der Waals surface area contributed by atoms with Gasteiger partial charge in [0.1, 0.15) is 0 Å². The van der Waals surface area contributed by atoms with Gasteiger partial charge in [-0.1, -0.05) is 46.6 Å². The van der Waals surface area contributed by atoms with E-state index < -0.39 is 0 Å². The molecule has 0 fully saturated rings. The average Bonchev–Trinajstić information content (AvgIpc) is 2.89. The first-order valence-corrected chi connectivity index (χ1v) is 8.10. The molecule has 0 saturated carbocycles. The molecule has 0 bridgehead atoms. The minimum Gasteiger partial charge on any atom is -0.289 e. The molecular formula is C17H14Cl2N4. The van der Waals surface area contributed by atoms with Crippen molar-refractivity contribution in [3.63, 3.8) is 0 Å². The second-order valence-corrected chi connectivity index (χ2v) is 6.56. The zero-order valence-electron chi connectivity index (χ0n) is 12.3. The summed E-state index contributed by atoms with van der Waals surface area (Å²) in [6.45, 7) is 2.37. The Balaban J connectivity index is 1.69. The summed E-state index contributed by atoms with van der Waals surface area (Å²) in [4.78, 5) is 2.34. The monoisotopic (exact) mass is 344 g/mol. The molecule has 0 N–H and O–H groups in total. The van der Waals surface area contributed by atoms with Crippen LogP contribution in [0.25, 0.3) is 5.69 Å². The van der Waals surface area contributed by atoms with Crippen LogP contribution in [0.4, 0.5) is 0 Å². The van der Waals surface area contributed by atoms with Crippen molar-refractivity contribution in [2.75, 3.05) is 0 Å². The normalized spacial score (nSPS) is 14.2. The van der Waals surface area contributed by atoms with Gasteiger partial charge >= 0.3 is 0 Å². The van der Waals surface area contributed by atoms with Crippen molar-refractivity contribution >= 4 is 23.2 Å². The number of nitrogens with zero attached hydrogens (tertiary/aromatic N) is 4. The lowest BCUT2D eigenvalue weighted by Crippen LogP contribution is -2.21. The summed E-state index contributed by atoms with van der Waals surface area (Å²) < 4.78 is 1.92. The number of fused-ring (bicyclic) bond motifs is 3. The van der Waals surface area contributed by atoms with Crippen molar-refractivity contribution in [3.05, 3.63) is 75.5 Å². The highest BCUT2D eigenvalue weighted by Gasteiger charge is 2.20. The molecule has 0 unspecified atom stereocenters. The molecule has 0 aliphatic carbocycles. The predicted molar refractivity (Wildman–Crippen MR) is 90.8 cm³/mol. The van der Waals surface area contributed by atoms with E-state index in [0.717, 1.165) is 36.6 Å². The molecule has 1 aliphatic rings. The highest BCUT2D eigenvalue weighted by atomic mass is 35.5. The smallest absolute Gasteiger partial charge is 0.0786 e. The Labute approximate surface area is 144 Å². The Morgan fingerprint density at radius 2 is 1.78 bits per heavy atom. The second-order valence-electron chi connectivity index (χ2n) is 5.69. The Morgan fingerprint density at radius 3 is 2.61 bits per heavy atom. The van der Waals surface area contributed by atoms with E-state index in [4.69, 9.17) is 23.2 Å². The number of para-hydroxylation sites is 1. The summed E-state index contributed by atoms with van der Waals surface area (Å²) in [5, 5.41) is 9.61. The third kappa shape index (κ3) is 2.98. The minimum absolute atomic E-state index is 0.662. The van der Waals surface area contributed by atoms with Gasteiger partial charge in [-0.2, -0.15) is 0 Å². The molecule has 2 heterocycles. The number of benzene rings is 2. The topological polar surface area (TPSA) is 34.0 Å². The molecule has 0 saturated heterocycles. The van der Waals surface area contributed by atoms with Crippen LogP contribution in [-0.2, 0) is 19.6 Å². The van der Waals surface area contributed by atoms with Crippen LogP contribution < -0.4 is 0 Å². The molecule has 1 aromatic heterocycles. The van der Waals surface area contributed by atoms with Gasteiger partial charge in [0.25, 0.3) is 0 Å². The fourth-order valence-corrected chi connectivity index (χ4v) is 3.59. The number of aromatic nitrogens is 3. The average molecular weight is 345 g/mol. The first-order chi connectivity index (χ1) is 11.2. The molecule has 3 aromatic rings. The van der Waals surface area contributed by atoms with Gasteiger partial charge in [-0.3, -0.25) is 4.90 Å². The molecule has 1 aliphatic heterocycles. The van der Waals surface area contributed by atoms with E-state index in [2.05, 4.69) is 33.4 Å². The Bertz CT molecular complexity index is 839. The van der Waals surface area contributed by atoms with E-state index >= 15 is 0 Å². The van der Waals surface area contributed by atoms with E-state index in [1.54, 1.807) is 6.07 Å². The standard InChI is InChI=1S/C17H14Cl2N4/c18-14-5-12(6-15(19)7-14)9-22-10-13-3-1-2-4-17(13)23-16(11-22)8-20-21-23/h1-8H,9-11H2. The summed E-state index contributed by atoms with van der Waals surface area (Å²) in [6, 6.07) is 14.0. The van der Waals surface area contributed by atoms with Crippen LogP contribution in [0, 0.1) is 0 Å². The lowest BCUT2D eigenvalue weighted by atomic mass is 10.1.